The molecule has 63 heavy (non-hydrogen) atoms. The quantitative estimate of drug-likeness (QED) is 0.105. The number of anilines is 1. The maximum Gasteiger partial charge on any atom is 0.329 e. The molecule has 2 aliphatic heterocycles. The lowest BCUT2D eigenvalue weighted by molar-refractivity contribution is -0.144. The number of carboxylic acid groups (broad SMARTS) is 1. The molecule has 2 N–H and O–H groups in total. The molecule has 328 valence electrons. The number of aromatic nitrogens is 3. The van der Waals surface area contributed by atoms with Crippen LogP contribution in [-0.2, 0) is 36.1 Å². The molecule has 3 fully saturated rings. The van der Waals surface area contributed by atoms with Crippen LogP contribution in [-0.4, -0.2) is 81.3 Å². The Bertz CT molecular complexity index is 2470. The molecule has 10 nitrogen and oxygen atoms in total. The fraction of sp³-hybridized carbons (Fsp3) is 0.462. The average Bonchev–Trinajstić information content (AvgIpc) is 3.56. The van der Waals surface area contributed by atoms with Gasteiger partial charge in [-0.2, -0.15) is 0 Å². The van der Waals surface area contributed by atoms with E-state index >= 15 is 0 Å². The summed E-state index contributed by atoms with van der Waals surface area (Å²) in [7, 11) is 1.68. The summed E-state index contributed by atoms with van der Waals surface area (Å²) in [6, 6.07) is 26.7. The zero-order valence-electron chi connectivity index (χ0n) is 36.6. The van der Waals surface area contributed by atoms with Gasteiger partial charge in [0.25, 0.3) is 0 Å². The van der Waals surface area contributed by atoms with Crippen molar-refractivity contribution in [2.75, 3.05) is 45.2 Å². The van der Waals surface area contributed by atoms with E-state index in [2.05, 4.69) is 51.3 Å². The smallest absolute Gasteiger partial charge is 0.329 e. The molecule has 10 rings (SSSR count). The number of methoxy groups -OCH3 is 1. The van der Waals surface area contributed by atoms with Crippen molar-refractivity contribution < 1.29 is 19.4 Å². The summed E-state index contributed by atoms with van der Waals surface area (Å²) < 4.78 is 12.1. The first-order valence-corrected chi connectivity index (χ1v) is 23.4. The highest BCUT2D eigenvalue weighted by Crippen LogP contribution is 2.56. The average molecular weight is 868 g/mol. The molecule has 2 spiro atoms. The van der Waals surface area contributed by atoms with Gasteiger partial charge in [0.1, 0.15) is 17.0 Å². The zero-order valence-corrected chi connectivity index (χ0v) is 37.4. The summed E-state index contributed by atoms with van der Waals surface area (Å²) in [5.74, 6) is 2.58. The standard InChI is InChI=1S/C52H59ClN6O4/c1-35-8-5-13-44-47(35)46(18-24-54-44)63-25-7-9-38-27-37-16-15-36(26-43(37)51(38)19-21-52(22-20-51,49(60)61)57-40-11-6-10-39(53)28-40)29-58-31-50(32-58)33-59(34-50)30-41-17-23-55-48(56-41)42-12-3-4-14-45(42)62-2/h3-4,6,10-12,14-18,23-24,26,28,35,38,57H,5,7-9,13,19-22,25,27,29-34H2,1-2H3,(H,60,61)/t35-,38?,51?,52?/m1/s1. The number of benzene rings is 3. The SMILES string of the molecule is COc1ccccc1-c1nccc(CN2CC3(CN(Cc4ccc5c(c4)C4(CCC(Nc6cccc(Cl)c6)(C(=O)O)CC4)C(CCCOc4ccnc6c4[C@H](C)CCC6)C5)C3)C2)n1. The number of aryl methyl sites for hydroxylation is 1. The second-order valence-corrected chi connectivity index (χ2v) is 19.8. The van der Waals surface area contributed by atoms with Crippen LogP contribution in [0.25, 0.3) is 11.4 Å². The molecule has 2 aromatic heterocycles. The van der Waals surface area contributed by atoms with Crippen LogP contribution in [0.3, 0.4) is 0 Å². The molecule has 2 saturated heterocycles. The van der Waals surface area contributed by atoms with Gasteiger partial charge in [0.15, 0.2) is 5.82 Å². The van der Waals surface area contributed by atoms with E-state index in [-0.39, 0.29) is 5.41 Å². The van der Waals surface area contributed by atoms with Gasteiger partial charge in [-0.1, -0.05) is 54.9 Å². The van der Waals surface area contributed by atoms with Crippen molar-refractivity contribution >= 4 is 23.3 Å². The van der Waals surface area contributed by atoms with Crippen LogP contribution in [0.4, 0.5) is 5.69 Å². The molecular formula is C52H59ClN6O4. The summed E-state index contributed by atoms with van der Waals surface area (Å²) in [4.78, 5) is 32.4. The van der Waals surface area contributed by atoms with Gasteiger partial charge < -0.3 is 19.9 Å². The van der Waals surface area contributed by atoms with Gasteiger partial charge in [-0.25, -0.2) is 14.8 Å². The fourth-order valence-electron chi connectivity index (χ4n) is 12.2. The Labute approximate surface area is 376 Å². The van der Waals surface area contributed by atoms with E-state index in [4.69, 9.17) is 31.0 Å². The highest BCUT2D eigenvalue weighted by Gasteiger charge is 2.54. The minimum atomic E-state index is -1.05. The fourth-order valence-corrected chi connectivity index (χ4v) is 12.4. The van der Waals surface area contributed by atoms with Crippen molar-refractivity contribution in [2.24, 2.45) is 11.3 Å². The molecule has 3 aromatic carbocycles. The highest BCUT2D eigenvalue weighted by atomic mass is 35.5. The van der Waals surface area contributed by atoms with Crippen molar-refractivity contribution in [3.05, 3.63) is 130 Å². The summed E-state index contributed by atoms with van der Waals surface area (Å²) in [5.41, 5.74) is 8.65. The molecule has 2 atom stereocenters. The Morgan fingerprint density at radius 3 is 2.49 bits per heavy atom. The highest BCUT2D eigenvalue weighted by molar-refractivity contribution is 6.30. The minimum Gasteiger partial charge on any atom is -0.496 e. The lowest BCUT2D eigenvalue weighted by Crippen LogP contribution is -2.71. The molecule has 1 saturated carbocycles. The number of fused-ring (bicyclic) bond motifs is 3. The first kappa shape index (κ1) is 42.0. The molecule has 0 bridgehead atoms. The largest absolute Gasteiger partial charge is 0.496 e. The summed E-state index contributed by atoms with van der Waals surface area (Å²) in [6.45, 7) is 9.06. The van der Waals surface area contributed by atoms with E-state index in [0.29, 0.717) is 47.5 Å². The number of nitrogens with zero attached hydrogens (tertiary/aromatic N) is 5. The van der Waals surface area contributed by atoms with Crippen LogP contribution in [0.1, 0.15) is 97.8 Å². The second kappa shape index (κ2) is 17.2. The topological polar surface area (TPSA) is 113 Å². The Hall–Kier alpha value is -5.03. The first-order valence-electron chi connectivity index (χ1n) is 23.0. The van der Waals surface area contributed by atoms with Crippen LogP contribution in [0.15, 0.2) is 91.3 Å². The van der Waals surface area contributed by atoms with Gasteiger partial charge >= 0.3 is 5.97 Å². The Balaban J connectivity index is 0.807. The predicted molar refractivity (Wildman–Crippen MR) is 247 cm³/mol. The van der Waals surface area contributed by atoms with Gasteiger partial charge in [0, 0.05) is 79.0 Å². The lowest BCUT2D eigenvalue weighted by Gasteiger charge is -2.60. The summed E-state index contributed by atoms with van der Waals surface area (Å²) >= 11 is 6.35. The number of pyridine rings is 1. The van der Waals surface area contributed by atoms with Gasteiger partial charge in [0.2, 0.25) is 0 Å². The molecule has 5 aliphatic rings. The number of aliphatic carboxylic acids is 1. The molecule has 11 heteroatoms. The number of nitrogens with one attached hydrogen (secondary N) is 1. The number of ether oxygens (including phenoxy) is 2. The van der Waals surface area contributed by atoms with Crippen LogP contribution in [0, 0.1) is 11.3 Å². The van der Waals surface area contributed by atoms with Crippen molar-refractivity contribution in [1.82, 2.24) is 24.8 Å². The minimum absolute atomic E-state index is 0.0816. The Morgan fingerprint density at radius 1 is 0.905 bits per heavy atom. The molecule has 0 radical (unpaired) electrons. The van der Waals surface area contributed by atoms with E-state index in [0.717, 1.165) is 106 Å². The van der Waals surface area contributed by atoms with Gasteiger partial charge in [-0.15, -0.1) is 0 Å². The number of rotatable bonds is 14. The van der Waals surface area contributed by atoms with E-state index in [9.17, 15) is 9.90 Å². The van der Waals surface area contributed by atoms with Crippen molar-refractivity contribution in [1.29, 1.82) is 0 Å². The van der Waals surface area contributed by atoms with Crippen molar-refractivity contribution in [3.63, 3.8) is 0 Å². The number of carbonyl (C=O) groups is 1. The molecular weight excluding hydrogens is 808 g/mol. The van der Waals surface area contributed by atoms with Crippen LogP contribution < -0.4 is 14.8 Å². The van der Waals surface area contributed by atoms with Crippen LogP contribution in [0.5, 0.6) is 11.5 Å². The van der Waals surface area contributed by atoms with Crippen molar-refractivity contribution in [2.45, 2.75) is 101 Å². The summed E-state index contributed by atoms with van der Waals surface area (Å²) in [5, 5.41) is 14.8. The molecule has 5 aromatic rings. The van der Waals surface area contributed by atoms with Gasteiger partial charge in [0.05, 0.1) is 25.0 Å². The number of para-hydroxylation sites is 1. The van der Waals surface area contributed by atoms with E-state index in [1.54, 1.807) is 7.11 Å². The third-order valence-electron chi connectivity index (χ3n) is 15.2. The number of hydrogen-bond acceptors (Lipinski definition) is 9. The van der Waals surface area contributed by atoms with Crippen LogP contribution in [0.2, 0.25) is 5.02 Å². The van der Waals surface area contributed by atoms with Crippen molar-refractivity contribution in [3.8, 4) is 22.9 Å². The Kier molecular flexibility index (Phi) is 11.4. The second-order valence-electron chi connectivity index (χ2n) is 19.4. The number of likely N-dealkylation sites (tertiary alicyclic amines) is 2. The van der Waals surface area contributed by atoms with Gasteiger partial charge in [-0.05, 0) is 141 Å². The first-order chi connectivity index (χ1) is 30.6. The predicted octanol–water partition coefficient (Wildman–Crippen LogP) is 9.74. The van der Waals surface area contributed by atoms with E-state index < -0.39 is 11.5 Å². The zero-order chi connectivity index (χ0) is 43.2. The summed E-state index contributed by atoms with van der Waals surface area (Å²) in [6.07, 6.45) is 12.9. The third kappa shape index (κ3) is 8.19. The van der Waals surface area contributed by atoms with Crippen LogP contribution >= 0.6 is 11.6 Å². The third-order valence-corrected chi connectivity index (χ3v) is 15.4. The number of hydrogen-bond donors (Lipinski definition) is 2. The maximum absolute atomic E-state index is 13.1. The van der Waals surface area contributed by atoms with E-state index in [1.165, 1.54) is 40.8 Å². The number of carboxylic acids is 1. The Morgan fingerprint density at radius 2 is 1.70 bits per heavy atom. The monoisotopic (exact) mass is 866 g/mol. The van der Waals surface area contributed by atoms with E-state index in [1.807, 2.05) is 67.0 Å². The maximum atomic E-state index is 13.1. The normalized spacial score (nSPS) is 24.9. The molecule has 1 unspecified atom stereocenters. The molecule has 0 amide bonds. The molecule has 4 heterocycles. The van der Waals surface area contributed by atoms with Gasteiger partial charge in [-0.3, -0.25) is 14.8 Å². The molecule has 3 aliphatic carbocycles. The lowest BCUT2D eigenvalue weighted by atomic mass is 9.60. The number of halogens is 1.